The van der Waals surface area contributed by atoms with Crippen LogP contribution in [0.2, 0.25) is 0 Å². The van der Waals surface area contributed by atoms with E-state index in [0.717, 1.165) is 56.0 Å². The van der Waals surface area contributed by atoms with E-state index in [9.17, 15) is 4.79 Å². The van der Waals surface area contributed by atoms with Crippen molar-refractivity contribution in [1.29, 1.82) is 0 Å². The molecule has 0 bridgehead atoms. The summed E-state index contributed by atoms with van der Waals surface area (Å²) in [6.45, 7) is 6.71. The van der Waals surface area contributed by atoms with Crippen LogP contribution in [0.1, 0.15) is 39.9 Å². The van der Waals surface area contributed by atoms with Gasteiger partial charge in [0.1, 0.15) is 12.4 Å². The van der Waals surface area contributed by atoms with E-state index in [0.29, 0.717) is 24.6 Å². The molecule has 37 heavy (non-hydrogen) atoms. The molecule has 1 N–H and O–H groups in total. The Morgan fingerprint density at radius 3 is 2.68 bits per heavy atom. The second-order valence-corrected chi connectivity index (χ2v) is 9.27. The Kier molecular flexibility index (Phi) is 7.90. The number of aryl methyl sites for hydroxylation is 1. The Balaban J connectivity index is 1.31. The summed E-state index contributed by atoms with van der Waals surface area (Å²) in [5, 5.41) is 4.36. The van der Waals surface area contributed by atoms with Crippen molar-refractivity contribution in [1.82, 2.24) is 14.9 Å². The fraction of sp³-hybridized carbons (Fsp3) is 0.357. The van der Waals surface area contributed by atoms with E-state index in [1.807, 2.05) is 60.4 Å². The molecule has 1 amide bonds. The molecule has 9 heteroatoms. The standard InChI is InChI=1S/C28H32N6O3/c1-21-6-4-7-22(16-21)19-29-32-25-18-26(33-12-14-36-15-13-33)31-28(30-25)37-20-23-8-5-9-24(17-23)27(35)34-10-2-3-11-34/h4-9,16-19H,2-3,10-15,20H2,1H3,(H,30,31,32). The Labute approximate surface area is 217 Å². The maximum atomic E-state index is 12.8. The Bertz CT molecular complexity index is 1250. The highest BCUT2D eigenvalue weighted by Crippen LogP contribution is 2.22. The van der Waals surface area contributed by atoms with Crippen molar-refractivity contribution in [3.05, 3.63) is 76.9 Å². The van der Waals surface area contributed by atoms with Gasteiger partial charge in [0.05, 0.1) is 19.4 Å². The molecule has 2 aromatic carbocycles. The highest BCUT2D eigenvalue weighted by molar-refractivity contribution is 5.94. The number of benzene rings is 2. The summed E-state index contributed by atoms with van der Waals surface area (Å²) in [6, 6.07) is 17.8. The lowest BCUT2D eigenvalue weighted by atomic mass is 10.1. The van der Waals surface area contributed by atoms with Gasteiger partial charge in [0.15, 0.2) is 5.82 Å². The van der Waals surface area contributed by atoms with Crippen molar-refractivity contribution in [3.8, 4) is 6.01 Å². The van der Waals surface area contributed by atoms with Crippen molar-refractivity contribution < 1.29 is 14.3 Å². The molecule has 0 spiro atoms. The van der Waals surface area contributed by atoms with Gasteiger partial charge in [0, 0.05) is 37.8 Å². The van der Waals surface area contributed by atoms with E-state index in [-0.39, 0.29) is 18.5 Å². The first-order chi connectivity index (χ1) is 18.1. The van der Waals surface area contributed by atoms with E-state index in [4.69, 9.17) is 9.47 Å². The van der Waals surface area contributed by atoms with Crippen LogP contribution in [0.25, 0.3) is 0 Å². The lowest BCUT2D eigenvalue weighted by Gasteiger charge is -2.28. The van der Waals surface area contributed by atoms with Crippen molar-refractivity contribution in [2.24, 2.45) is 5.10 Å². The number of hydrogen-bond donors (Lipinski definition) is 1. The number of carbonyl (C=O) groups is 1. The smallest absolute Gasteiger partial charge is 0.320 e. The summed E-state index contributed by atoms with van der Waals surface area (Å²) >= 11 is 0. The third kappa shape index (κ3) is 6.62. The van der Waals surface area contributed by atoms with E-state index in [1.165, 1.54) is 5.56 Å². The molecule has 0 saturated carbocycles. The summed E-state index contributed by atoms with van der Waals surface area (Å²) in [6.07, 6.45) is 3.89. The number of nitrogens with zero attached hydrogens (tertiary/aromatic N) is 5. The molecule has 0 aliphatic carbocycles. The lowest BCUT2D eigenvalue weighted by molar-refractivity contribution is 0.0792. The zero-order valence-electron chi connectivity index (χ0n) is 21.1. The zero-order chi connectivity index (χ0) is 25.5. The summed E-state index contributed by atoms with van der Waals surface area (Å²) in [5.74, 6) is 1.36. The summed E-state index contributed by atoms with van der Waals surface area (Å²) < 4.78 is 11.5. The zero-order valence-corrected chi connectivity index (χ0v) is 21.1. The predicted molar refractivity (Wildman–Crippen MR) is 143 cm³/mol. The summed E-state index contributed by atoms with van der Waals surface area (Å²) in [5.41, 5.74) is 6.75. The van der Waals surface area contributed by atoms with Crippen LogP contribution in [0.4, 0.5) is 11.6 Å². The monoisotopic (exact) mass is 500 g/mol. The van der Waals surface area contributed by atoms with Crippen molar-refractivity contribution in [3.63, 3.8) is 0 Å². The van der Waals surface area contributed by atoms with Gasteiger partial charge in [0.2, 0.25) is 0 Å². The molecule has 1 aromatic heterocycles. The van der Waals surface area contributed by atoms with Gasteiger partial charge in [-0.15, -0.1) is 0 Å². The first-order valence-electron chi connectivity index (χ1n) is 12.7. The van der Waals surface area contributed by atoms with Crippen LogP contribution in [-0.4, -0.2) is 66.4 Å². The molecule has 3 aromatic rings. The van der Waals surface area contributed by atoms with Crippen LogP contribution in [0.15, 0.2) is 59.7 Å². The maximum Gasteiger partial charge on any atom is 0.320 e. The number of amides is 1. The minimum absolute atomic E-state index is 0.0721. The number of hydrazone groups is 1. The molecule has 9 nitrogen and oxygen atoms in total. The van der Waals surface area contributed by atoms with Gasteiger partial charge in [-0.1, -0.05) is 42.0 Å². The van der Waals surface area contributed by atoms with Crippen molar-refractivity contribution in [2.45, 2.75) is 26.4 Å². The average molecular weight is 501 g/mol. The normalized spacial score (nSPS) is 15.8. The number of likely N-dealkylation sites (tertiary alicyclic amines) is 1. The number of nitrogens with one attached hydrogen (secondary N) is 1. The highest BCUT2D eigenvalue weighted by atomic mass is 16.5. The molecule has 5 rings (SSSR count). The van der Waals surface area contributed by atoms with Crippen molar-refractivity contribution in [2.75, 3.05) is 49.7 Å². The fourth-order valence-electron chi connectivity index (χ4n) is 4.46. The number of hydrogen-bond acceptors (Lipinski definition) is 8. The minimum Gasteiger partial charge on any atom is -0.458 e. The molecular weight excluding hydrogens is 468 g/mol. The lowest BCUT2D eigenvalue weighted by Crippen LogP contribution is -2.36. The number of aromatic nitrogens is 2. The Morgan fingerprint density at radius 1 is 1.05 bits per heavy atom. The molecule has 2 aliphatic heterocycles. The van der Waals surface area contributed by atoms with Gasteiger partial charge in [-0.2, -0.15) is 15.1 Å². The topological polar surface area (TPSA) is 92.2 Å². The van der Waals surface area contributed by atoms with E-state index < -0.39 is 0 Å². The molecule has 0 unspecified atom stereocenters. The number of ether oxygens (including phenoxy) is 2. The fourth-order valence-corrected chi connectivity index (χ4v) is 4.46. The molecule has 0 radical (unpaired) electrons. The third-order valence-electron chi connectivity index (χ3n) is 6.40. The second-order valence-electron chi connectivity index (χ2n) is 9.27. The Hall–Kier alpha value is -3.98. The Morgan fingerprint density at radius 2 is 1.86 bits per heavy atom. The molecule has 2 fully saturated rings. The first-order valence-corrected chi connectivity index (χ1v) is 12.7. The molecule has 192 valence electrons. The van der Waals surface area contributed by atoms with Crippen LogP contribution >= 0.6 is 0 Å². The molecule has 2 aliphatic rings. The average Bonchev–Trinajstić information content (AvgIpc) is 3.47. The van der Waals surface area contributed by atoms with E-state index >= 15 is 0 Å². The quantitative estimate of drug-likeness (QED) is 0.371. The molecular formula is C28H32N6O3. The third-order valence-corrected chi connectivity index (χ3v) is 6.40. The SMILES string of the molecule is Cc1cccc(C=NNc2cc(N3CCOCC3)nc(OCc3cccc(C(=O)N4CCCC4)c3)n2)c1. The van der Waals surface area contributed by atoms with E-state index in [2.05, 4.69) is 31.5 Å². The number of morpholine rings is 1. The second kappa shape index (κ2) is 11.8. The van der Waals surface area contributed by atoms with Crippen LogP contribution < -0.4 is 15.1 Å². The largest absolute Gasteiger partial charge is 0.458 e. The van der Waals surface area contributed by atoms with Gasteiger partial charge >= 0.3 is 6.01 Å². The predicted octanol–water partition coefficient (Wildman–Crippen LogP) is 3.88. The van der Waals surface area contributed by atoms with Gasteiger partial charge in [0.25, 0.3) is 5.91 Å². The van der Waals surface area contributed by atoms with Crippen LogP contribution in [-0.2, 0) is 11.3 Å². The van der Waals surface area contributed by atoms with Gasteiger partial charge in [-0.3, -0.25) is 10.2 Å². The minimum atomic E-state index is 0.0721. The van der Waals surface area contributed by atoms with Crippen LogP contribution in [0.3, 0.4) is 0 Å². The van der Waals surface area contributed by atoms with Gasteiger partial charge in [-0.05, 0) is 43.0 Å². The van der Waals surface area contributed by atoms with E-state index in [1.54, 1.807) is 6.21 Å². The first kappa shape index (κ1) is 24.7. The number of anilines is 2. The summed E-state index contributed by atoms with van der Waals surface area (Å²) in [7, 11) is 0. The number of rotatable bonds is 8. The maximum absolute atomic E-state index is 12.8. The van der Waals surface area contributed by atoms with Gasteiger partial charge < -0.3 is 19.3 Å². The molecule has 2 saturated heterocycles. The highest BCUT2D eigenvalue weighted by Gasteiger charge is 2.20. The molecule has 0 atom stereocenters. The number of carbonyl (C=O) groups excluding carboxylic acids is 1. The van der Waals surface area contributed by atoms with Crippen molar-refractivity contribution >= 4 is 23.8 Å². The van der Waals surface area contributed by atoms with Crippen LogP contribution in [0, 0.1) is 6.92 Å². The summed E-state index contributed by atoms with van der Waals surface area (Å²) in [4.78, 5) is 26.0. The molecule has 3 heterocycles. The van der Waals surface area contributed by atoms with Gasteiger partial charge in [-0.25, -0.2) is 0 Å². The van der Waals surface area contributed by atoms with Crippen LogP contribution in [0.5, 0.6) is 6.01 Å².